The van der Waals surface area contributed by atoms with E-state index in [0.29, 0.717) is 17.4 Å². The first-order valence-electron chi connectivity index (χ1n) is 8.99. The molecule has 1 saturated carbocycles. The summed E-state index contributed by atoms with van der Waals surface area (Å²) in [6.45, 7) is 5.66. The smallest absolute Gasteiger partial charge is 0.225 e. The number of piperidine rings is 1. The molecule has 1 saturated heterocycles. The molecule has 0 aromatic heterocycles. The molecule has 132 valence electrons. The Morgan fingerprint density at radius 1 is 1.33 bits per heavy atom. The normalized spacial score (nSPS) is 25.6. The largest absolute Gasteiger partial charge is 0.342 e. The second kappa shape index (κ2) is 7.18. The van der Waals surface area contributed by atoms with Gasteiger partial charge in [-0.1, -0.05) is 19.9 Å². The highest BCUT2D eigenvalue weighted by atomic mass is 19.1. The summed E-state index contributed by atoms with van der Waals surface area (Å²) in [5.74, 6) is -0.163. The lowest BCUT2D eigenvalue weighted by atomic mass is 9.91. The molecule has 0 radical (unpaired) electrons. The molecule has 1 aromatic carbocycles. The molecule has 0 bridgehead atoms. The van der Waals surface area contributed by atoms with Crippen LogP contribution in [-0.2, 0) is 4.79 Å². The molecule has 5 heteroatoms. The molecule has 1 amide bonds. The number of amides is 1. The Morgan fingerprint density at radius 2 is 2.08 bits per heavy atom. The third-order valence-electron chi connectivity index (χ3n) is 5.30. The van der Waals surface area contributed by atoms with Gasteiger partial charge < -0.3 is 10.2 Å². The van der Waals surface area contributed by atoms with E-state index in [0.717, 1.165) is 44.8 Å². The van der Waals surface area contributed by atoms with Gasteiger partial charge in [0.05, 0.1) is 0 Å². The molecule has 24 heavy (non-hydrogen) atoms. The fraction of sp³-hybridized carbons (Fsp3) is 0.632. The number of rotatable bonds is 5. The maximum atomic E-state index is 14.1. The van der Waals surface area contributed by atoms with E-state index in [-0.39, 0.29) is 18.0 Å². The Morgan fingerprint density at radius 3 is 2.67 bits per heavy atom. The van der Waals surface area contributed by atoms with Crippen molar-refractivity contribution in [3.8, 4) is 0 Å². The number of halogens is 2. The van der Waals surface area contributed by atoms with Crippen molar-refractivity contribution in [2.24, 2.45) is 11.8 Å². The third-order valence-corrected chi connectivity index (χ3v) is 5.30. The first-order valence-corrected chi connectivity index (χ1v) is 8.99. The van der Waals surface area contributed by atoms with Crippen LogP contribution in [0.4, 0.5) is 8.78 Å². The maximum absolute atomic E-state index is 14.1. The predicted molar refractivity (Wildman–Crippen MR) is 89.4 cm³/mol. The molecule has 1 heterocycles. The van der Waals surface area contributed by atoms with Gasteiger partial charge in [-0.25, -0.2) is 8.78 Å². The van der Waals surface area contributed by atoms with Crippen LogP contribution in [0.2, 0.25) is 0 Å². The second-order valence-electron chi connectivity index (χ2n) is 7.22. The molecule has 3 atom stereocenters. The van der Waals surface area contributed by atoms with Crippen LogP contribution in [0, 0.1) is 23.5 Å². The summed E-state index contributed by atoms with van der Waals surface area (Å²) in [7, 11) is 0. The van der Waals surface area contributed by atoms with Gasteiger partial charge in [0.25, 0.3) is 0 Å². The Labute approximate surface area is 142 Å². The fourth-order valence-corrected chi connectivity index (χ4v) is 3.65. The first kappa shape index (κ1) is 17.3. The van der Waals surface area contributed by atoms with Crippen LogP contribution < -0.4 is 5.32 Å². The van der Waals surface area contributed by atoms with Crippen molar-refractivity contribution in [1.29, 1.82) is 0 Å². The molecule has 3 unspecified atom stereocenters. The Balaban J connectivity index is 1.62. The molecule has 2 aliphatic rings. The van der Waals surface area contributed by atoms with E-state index in [9.17, 15) is 13.6 Å². The van der Waals surface area contributed by atoms with Gasteiger partial charge in [0.1, 0.15) is 11.6 Å². The minimum absolute atomic E-state index is 0.135. The van der Waals surface area contributed by atoms with E-state index in [1.165, 1.54) is 12.1 Å². The highest BCUT2D eigenvalue weighted by Crippen LogP contribution is 2.33. The highest BCUT2D eigenvalue weighted by Gasteiger charge is 2.37. The maximum Gasteiger partial charge on any atom is 0.225 e. The van der Waals surface area contributed by atoms with Crippen LogP contribution >= 0.6 is 0 Å². The molecule has 2 fully saturated rings. The Hall–Kier alpha value is -1.49. The van der Waals surface area contributed by atoms with Crippen LogP contribution in [0.25, 0.3) is 0 Å². The number of likely N-dealkylation sites (tertiary alicyclic amines) is 1. The van der Waals surface area contributed by atoms with E-state index in [1.807, 2.05) is 11.8 Å². The van der Waals surface area contributed by atoms with Crippen molar-refractivity contribution in [3.05, 3.63) is 35.4 Å². The number of benzene rings is 1. The van der Waals surface area contributed by atoms with Gasteiger partial charge in [0.2, 0.25) is 5.91 Å². The number of carbonyl (C=O) groups is 1. The minimum atomic E-state index is -0.550. The molecule has 1 aliphatic carbocycles. The zero-order chi connectivity index (χ0) is 17.3. The van der Waals surface area contributed by atoms with Crippen molar-refractivity contribution >= 4 is 5.91 Å². The lowest BCUT2D eigenvalue weighted by Gasteiger charge is -2.39. The zero-order valence-corrected chi connectivity index (χ0v) is 14.4. The summed E-state index contributed by atoms with van der Waals surface area (Å²) in [4.78, 5) is 14.2. The molecular formula is C19H26F2N2O. The molecular weight excluding hydrogens is 310 g/mol. The van der Waals surface area contributed by atoms with Gasteiger partial charge >= 0.3 is 0 Å². The summed E-state index contributed by atoms with van der Waals surface area (Å²) in [6, 6.07) is 3.89. The van der Waals surface area contributed by atoms with Gasteiger partial charge in [0, 0.05) is 42.7 Å². The number of nitrogens with zero attached hydrogens (tertiary/aromatic N) is 1. The van der Waals surface area contributed by atoms with E-state index in [2.05, 4.69) is 12.2 Å². The van der Waals surface area contributed by atoms with Crippen LogP contribution in [0.1, 0.15) is 51.1 Å². The molecule has 3 rings (SSSR count). The summed E-state index contributed by atoms with van der Waals surface area (Å²) in [6.07, 6.45) is 3.68. The van der Waals surface area contributed by atoms with Crippen molar-refractivity contribution in [2.45, 2.75) is 51.6 Å². The number of carbonyl (C=O) groups excluding carboxylic acids is 1. The lowest BCUT2D eigenvalue weighted by Crippen LogP contribution is -2.51. The number of hydrogen-bond acceptors (Lipinski definition) is 2. The summed E-state index contributed by atoms with van der Waals surface area (Å²) in [5, 5.41) is 3.54. The van der Waals surface area contributed by atoms with Crippen LogP contribution in [0.3, 0.4) is 0 Å². The fourth-order valence-electron chi connectivity index (χ4n) is 3.65. The standard InChI is InChI=1S/C19H26F2N2O/c1-3-17(15-7-6-14(20)10-16(15)21)22-18-8-9-23(11-12(18)2)19(24)13-4-5-13/h6-7,10,12-13,17-18,22H,3-5,8-9,11H2,1-2H3. The van der Waals surface area contributed by atoms with E-state index in [4.69, 9.17) is 0 Å². The van der Waals surface area contributed by atoms with Crippen LogP contribution in [0.5, 0.6) is 0 Å². The SMILES string of the molecule is CCC(NC1CCN(C(=O)C2CC2)CC1C)c1ccc(F)cc1F. The van der Waals surface area contributed by atoms with Gasteiger partial charge in [-0.3, -0.25) is 4.79 Å². The second-order valence-corrected chi connectivity index (χ2v) is 7.22. The van der Waals surface area contributed by atoms with E-state index < -0.39 is 11.6 Å². The average Bonchev–Trinajstić information content (AvgIpc) is 3.38. The van der Waals surface area contributed by atoms with E-state index in [1.54, 1.807) is 0 Å². The van der Waals surface area contributed by atoms with Gasteiger partial charge in [-0.15, -0.1) is 0 Å². The van der Waals surface area contributed by atoms with Crippen molar-refractivity contribution in [1.82, 2.24) is 10.2 Å². The molecule has 3 nitrogen and oxygen atoms in total. The minimum Gasteiger partial charge on any atom is -0.342 e. The van der Waals surface area contributed by atoms with Crippen molar-refractivity contribution < 1.29 is 13.6 Å². The van der Waals surface area contributed by atoms with Gasteiger partial charge in [-0.05, 0) is 37.7 Å². The molecule has 0 spiro atoms. The quantitative estimate of drug-likeness (QED) is 0.890. The summed E-state index contributed by atoms with van der Waals surface area (Å²) in [5.41, 5.74) is 0.516. The third kappa shape index (κ3) is 3.77. The topological polar surface area (TPSA) is 32.3 Å². The monoisotopic (exact) mass is 336 g/mol. The number of hydrogen-bond donors (Lipinski definition) is 1. The van der Waals surface area contributed by atoms with Gasteiger partial charge in [0.15, 0.2) is 0 Å². The van der Waals surface area contributed by atoms with Gasteiger partial charge in [-0.2, -0.15) is 0 Å². The van der Waals surface area contributed by atoms with E-state index >= 15 is 0 Å². The predicted octanol–water partition coefficient (Wildman–Crippen LogP) is 3.65. The number of nitrogens with one attached hydrogen (secondary N) is 1. The zero-order valence-electron chi connectivity index (χ0n) is 14.4. The van der Waals surface area contributed by atoms with Crippen molar-refractivity contribution in [2.75, 3.05) is 13.1 Å². The lowest BCUT2D eigenvalue weighted by molar-refractivity contribution is -0.134. The highest BCUT2D eigenvalue weighted by molar-refractivity contribution is 5.81. The summed E-state index contributed by atoms with van der Waals surface area (Å²) < 4.78 is 27.2. The summed E-state index contributed by atoms with van der Waals surface area (Å²) >= 11 is 0. The Kier molecular flexibility index (Phi) is 5.18. The van der Waals surface area contributed by atoms with Crippen LogP contribution in [0.15, 0.2) is 18.2 Å². The Bertz CT molecular complexity index is 603. The molecule has 1 N–H and O–H groups in total. The van der Waals surface area contributed by atoms with Crippen LogP contribution in [-0.4, -0.2) is 29.9 Å². The average molecular weight is 336 g/mol. The van der Waals surface area contributed by atoms with Crippen molar-refractivity contribution in [3.63, 3.8) is 0 Å². The molecule has 1 aliphatic heterocycles. The molecule has 1 aromatic rings. The first-order chi connectivity index (χ1) is 11.5.